The van der Waals surface area contributed by atoms with E-state index in [1.54, 1.807) is 17.0 Å². The van der Waals surface area contributed by atoms with Gasteiger partial charge in [0.25, 0.3) is 0 Å². The van der Waals surface area contributed by atoms with Gasteiger partial charge in [-0.3, -0.25) is 9.59 Å². The van der Waals surface area contributed by atoms with E-state index in [0.717, 1.165) is 18.4 Å². The zero-order valence-corrected chi connectivity index (χ0v) is 21.8. The zero-order valence-electron chi connectivity index (χ0n) is 21.0. The Morgan fingerprint density at radius 2 is 1.89 bits per heavy atom. The van der Waals surface area contributed by atoms with Crippen LogP contribution < -0.4 is 0 Å². The highest BCUT2D eigenvalue weighted by molar-refractivity contribution is 6.30. The number of ether oxygens (including phenoxy) is 2. The number of carbonyl (C=O) groups excluding carboxylic acids is 3. The molecular weight excluding hydrogens is 478 g/mol. The molecule has 0 radical (unpaired) electrons. The van der Waals surface area contributed by atoms with Crippen LogP contribution in [0, 0.1) is 18.8 Å². The molecule has 0 spiro atoms. The fourth-order valence-electron chi connectivity index (χ4n) is 3.77. The lowest BCUT2D eigenvalue weighted by atomic mass is 9.95. The van der Waals surface area contributed by atoms with Crippen LogP contribution in [-0.4, -0.2) is 55.5 Å². The number of piperidine rings is 1. The zero-order chi connectivity index (χ0) is 26.2. The summed E-state index contributed by atoms with van der Waals surface area (Å²) in [6.07, 6.45) is 3.60. The first kappa shape index (κ1) is 29.1. The Morgan fingerprint density at radius 1 is 1.11 bits per heavy atom. The Bertz CT molecular complexity index is 1040. The predicted octanol–water partition coefficient (Wildman–Crippen LogP) is 4.80. The number of rotatable bonds is 9. The Kier molecular flexibility index (Phi) is 13.3. The molecule has 192 valence electrons. The maximum Gasteiger partial charge on any atom is 0.331 e. The highest BCUT2D eigenvalue weighted by atomic mass is 35.5. The van der Waals surface area contributed by atoms with Gasteiger partial charge >= 0.3 is 5.97 Å². The third-order valence-electron chi connectivity index (χ3n) is 5.67. The van der Waals surface area contributed by atoms with Crippen LogP contribution in [0.4, 0.5) is 0 Å². The number of benzene rings is 2. The molecule has 1 atom stereocenters. The largest absolute Gasteiger partial charge is 0.467 e. The monoisotopic (exact) mass is 511 g/mol. The van der Waals surface area contributed by atoms with Crippen molar-refractivity contribution in [1.82, 2.24) is 4.90 Å². The number of halogens is 1. The fraction of sp³-hybridized carbons (Fsp3) is 0.414. The minimum atomic E-state index is -0.458. The van der Waals surface area contributed by atoms with Gasteiger partial charge in [0, 0.05) is 30.3 Å². The second-order valence-electron chi connectivity index (χ2n) is 8.53. The number of esters is 1. The van der Waals surface area contributed by atoms with Gasteiger partial charge < -0.3 is 14.4 Å². The summed E-state index contributed by atoms with van der Waals surface area (Å²) in [4.78, 5) is 37.3. The lowest BCUT2D eigenvalue weighted by Gasteiger charge is -2.34. The summed E-state index contributed by atoms with van der Waals surface area (Å²) in [6.45, 7) is 2.33. The van der Waals surface area contributed by atoms with Gasteiger partial charge in [0.05, 0.1) is 13.7 Å². The summed E-state index contributed by atoms with van der Waals surface area (Å²) in [5.74, 6) is 5.46. The Labute approximate surface area is 218 Å². The van der Waals surface area contributed by atoms with Gasteiger partial charge in [0.2, 0.25) is 5.91 Å². The smallest absolute Gasteiger partial charge is 0.331 e. The van der Waals surface area contributed by atoms with Crippen LogP contribution in [0.1, 0.15) is 43.2 Å². The summed E-state index contributed by atoms with van der Waals surface area (Å²) < 4.78 is 9.54. The first-order valence-electron chi connectivity index (χ1n) is 12.1. The van der Waals surface area contributed by atoms with Gasteiger partial charge in [-0.15, -0.1) is 0 Å². The summed E-state index contributed by atoms with van der Waals surface area (Å²) in [5, 5.41) is 0.619. The highest BCUT2D eigenvalue weighted by Gasteiger charge is 2.27. The molecule has 0 N–H and O–H groups in total. The quantitative estimate of drug-likeness (QED) is 0.275. The second kappa shape index (κ2) is 16.5. The molecule has 0 aliphatic carbocycles. The van der Waals surface area contributed by atoms with Crippen molar-refractivity contribution in [2.75, 3.05) is 26.9 Å². The average Bonchev–Trinajstić information content (AvgIpc) is 2.86. The van der Waals surface area contributed by atoms with Crippen LogP contribution in [-0.2, 0) is 30.3 Å². The van der Waals surface area contributed by atoms with Gasteiger partial charge in [-0.1, -0.05) is 71.5 Å². The van der Waals surface area contributed by atoms with Gasteiger partial charge in [-0.2, -0.15) is 0 Å². The Balaban J connectivity index is 0.000000558. The Hall–Kier alpha value is -3.14. The molecule has 1 aliphatic rings. The normalized spacial score (nSPS) is 14.7. The van der Waals surface area contributed by atoms with E-state index in [9.17, 15) is 14.4 Å². The molecule has 0 bridgehead atoms. The topological polar surface area (TPSA) is 72.9 Å². The molecule has 1 saturated heterocycles. The molecule has 3 rings (SSSR count). The molecular formula is C29H34ClNO5. The Morgan fingerprint density at radius 3 is 2.56 bits per heavy atom. The van der Waals surface area contributed by atoms with E-state index < -0.39 is 5.97 Å². The van der Waals surface area contributed by atoms with Crippen molar-refractivity contribution in [3.05, 3.63) is 70.7 Å². The molecule has 0 saturated carbocycles. The second-order valence-corrected chi connectivity index (χ2v) is 8.97. The van der Waals surface area contributed by atoms with Crippen molar-refractivity contribution in [2.45, 2.75) is 51.5 Å². The van der Waals surface area contributed by atoms with Gasteiger partial charge in [0.1, 0.15) is 19.0 Å². The molecule has 2 aromatic carbocycles. The van der Waals surface area contributed by atoms with Crippen LogP contribution in [0.3, 0.4) is 0 Å². The number of nitrogens with zero attached hydrogens (tertiary/aromatic N) is 1. The maximum atomic E-state index is 12.3. The van der Waals surface area contributed by atoms with Gasteiger partial charge in [-0.05, 0) is 43.9 Å². The van der Waals surface area contributed by atoms with Crippen LogP contribution in [0.5, 0.6) is 0 Å². The SMILES string of the molecule is COC(=O)COCC#CCN1C(=O)CCC[C@@H]1CCC(=O)Cc1cccc(Cl)c1.Cc1ccccc1. The summed E-state index contributed by atoms with van der Waals surface area (Å²) in [6, 6.07) is 17.6. The maximum absolute atomic E-state index is 12.3. The molecule has 0 aromatic heterocycles. The summed E-state index contributed by atoms with van der Waals surface area (Å²) in [5.41, 5.74) is 2.22. The molecule has 7 heteroatoms. The lowest BCUT2D eigenvalue weighted by molar-refractivity contribution is -0.145. The van der Waals surface area contributed by atoms with E-state index in [-0.39, 0.29) is 30.9 Å². The van der Waals surface area contributed by atoms with Crippen LogP contribution in [0.15, 0.2) is 54.6 Å². The van der Waals surface area contributed by atoms with Gasteiger partial charge in [0.15, 0.2) is 0 Å². The highest BCUT2D eigenvalue weighted by Crippen LogP contribution is 2.22. The first-order valence-corrected chi connectivity index (χ1v) is 12.4. The fourth-order valence-corrected chi connectivity index (χ4v) is 3.98. The number of amides is 1. The van der Waals surface area contributed by atoms with E-state index in [0.29, 0.717) is 37.3 Å². The molecule has 2 aromatic rings. The average molecular weight is 512 g/mol. The van der Waals surface area contributed by atoms with Crippen LogP contribution in [0.2, 0.25) is 5.02 Å². The first-order chi connectivity index (χ1) is 17.4. The van der Waals surface area contributed by atoms with E-state index in [2.05, 4.69) is 35.6 Å². The lowest BCUT2D eigenvalue weighted by Crippen LogP contribution is -2.44. The van der Waals surface area contributed by atoms with E-state index >= 15 is 0 Å². The third kappa shape index (κ3) is 11.5. The van der Waals surface area contributed by atoms with Crippen molar-refractivity contribution in [3.8, 4) is 11.8 Å². The molecule has 36 heavy (non-hydrogen) atoms. The van der Waals surface area contributed by atoms with E-state index in [4.69, 9.17) is 16.3 Å². The summed E-state index contributed by atoms with van der Waals surface area (Å²) >= 11 is 5.97. The van der Waals surface area contributed by atoms with Crippen molar-refractivity contribution < 1.29 is 23.9 Å². The van der Waals surface area contributed by atoms with Crippen molar-refractivity contribution in [2.24, 2.45) is 0 Å². The number of aryl methyl sites for hydroxylation is 1. The minimum Gasteiger partial charge on any atom is -0.467 e. The molecule has 1 amide bonds. The number of hydrogen-bond donors (Lipinski definition) is 0. The molecule has 0 unspecified atom stereocenters. The number of ketones is 1. The van der Waals surface area contributed by atoms with E-state index in [1.807, 2.05) is 30.3 Å². The molecule has 1 fully saturated rings. The van der Waals surface area contributed by atoms with Crippen LogP contribution >= 0.6 is 11.6 Å². The number of methoxy groups -OCH3 is 1. The van der Waals surface area contributed by atoms with Gasteiger partial charge in [-0.25, -0.2) is 4.79 Å². The van der Waals surface area contributed by atoms with Crippen molar-refractivity contribution >= 4 is 29.3 Å². The van der Waals surface area contributed by atoms with Crippen LogP contribution in [0.25, 0.3) is 0 Å². The third-order valence-corrected chi connectivity index (χ3v) is 5.91. The minimum absolute atomic E-state index is 0.0184. The van der Waals surface area contributed by atoms with E-state index in [1.165, 1.54) is 12.7 Å². The molecule has 6 nitrogen and oxygen atoms in total. The predicted molar refractivity (Wildman–Crippen MR) is 141 cm³/mol. The number of carbonyl (C=O) groups is 3. The standard InChI is InChI=1S/C22H26ClNO5.C7H8/c1-28-22(27)16-29-13-3-2-12-24-19(8-5-9-21(24)26)10-11-20(25)15-17-6-4-7-18(23)14-17;1-7-5-3-2-4-6-7/h4,6-7,14,19H,5,8-13,15-16H2,1H3;2-6H,1H3/t19-;/m1./s1. The molecule has 1 aliphatic heterocycles. The molecule has 1 heterocycles. The summed E-state index contributed by atoms with van der Waals surface area (Å²) in [7, 11) is 1.29. The van der Waals surface area contributed by atoms with Crippen molar-refractivity contribution in [1.29, 1.82) is 0 Å². The number of Topliss-reactive ketones (excluding diaryl/α,β-unsaturated/α-hetero) is 1. The number of likely N-dealkylation sites (tertiary alicyclic amines) is 1. The number of hydrogen-bond acceptors (Lipinski definition) is 5. The van der Waals surface area contributed by atoms with Crippen molar-refractivity contribution in [3.63, 3.8) is 0 Å².